The predicted molar refractivity (Wildman–Crippen MR) is 49.2 cm³/mol. The number of hydrogen-bond acceptors (Lipinski definition) is 4. The molecule has 0 aromatic carbocycles. The van der Waals surface area contributed by atoms with E-state index in [0.29, 0.717) is 0 Å². The number of piperazine rings is 1. The van der Waals surface area contributed by atoms with Gasteiger partial charge in [-0.05, 0) is 7.05 Å². The molecule has 2 aliphatic heterocycles. The first-order chi connectivity index (χ1) is 5.89. The lowest BCUT2D eigenvalue weighted by Gasteiger charge is -2.21. The van der Waals surface area contributed by atoms with Gasteiger partial charge >= 0.3 is 0 Å². The van der Waals surface area contributed by atoms with E-state index in [1.807, 2.05) is 0 Å². The van der Waals surface area contributed by atoms with Crippen LogP contribution < -0.4 is 10.6 Å². The summed E-state index contributed by atoms with van der Waals surface area (Å²) in [5, 5.41) is 6.27. The van der Waals surface area contributed by atoms with E-state index in [9.17, 15) is 0 Å². The normalized spacial score (nSPS) is 24.8. The SMILES string of the molecule is C1COCN1.CN1CCNCC1. The minimum Gasteiger partial charge on any atom is -0.365 e. The molecule has 2 aliphatic rings. The Morgan fingerprint density at radius 2 is 1.83 bits per heavy atom. The Balaban J connectivity index is 0.000000127. The lowest BCUT2D eigenvalue weighted by atomic mass is 10.4. The Kier molecular flexibility index (Phi) is 5.27. The van der Waals surface area contributed by atoms with E-state index in [0.717, 1.165) is 33.0 Å². The molecular formula is C8H19N3O. The van der Waals surface area contributed by atoms with Crippen LogP contribution in [-0.2, 0) is 4.74 Å². The molecule has 2 fully saturated rings. The standard InChI is InChI=1S/C5H12N2.C3H7NO/c1-7-4-2-6-3-5-7;1-2-5-3-4-1/h6H,2-5H2,1H3;4H,1-3H2. The topological polar surface area (TPSA) is 36.5 Å². The highest BCUT2D eigenvalue weighted by atomic mass is 16.5. The maximum Gasteiger partial charge on any atom is 0.0966 e. The van der Waals surface area contributed by atoms with Gasteiger partial charge in [0.15, 0.2) is 0 Å². The van der Waals surface area contributed by atoms with Crippen LogP contribution >= 0.6 is 0 Å². The molecule has 0 atom stereocenters. The summed E-state index contributed by atoms with van der Waals surface area (Å²) in [6.07, 6.45) is 0. The maximum atomic E-state index is 4.83. The smallest absolute Gasteiger partial charge is 0.0966 e. The van der Waals surface area contributed by atoms with Crippen molar-refractivity contribution < 1.29 is 4.74 Å². The Labute approximate surface area is 74.3 Å². The molecule has 2 rings (SSSR count). The third kappa shape index (κ3) is 4.66. The van der Waals surface area contributed by atoms with Gasteiger partial charge in [-0.25, -0.2) is 0 Å². The van der Waals surface area contributed by atoms with E-state index in [1.54, 1.807) is 0 Å². The van der Waals surface area contributed by atoms with Crippen LogP contribution in [0.4, 0.5) is 0 Å². The van der Waals surface area contributed by atoms with Crippen LogP contribution in [0.1, 0.15) is 0 Å². The van der Waals surface area contributed by atoms with Gasteiger partial charge in [-0.15, -0.1) is 0 Å². The van der Waals surface area contributed by atoms with Gasteiger partial charge in [-0.3, -0.25) is 5.32 Å². The zero-order chi connectivity index (χ0) is 8.65. The summed E-state index contributed by atoms with van der Waals surface area (Å²) in [5.74, 6) is 0. The van der Waals surface area contributed by atoms with E-state index in [2.05, 4.69) is 22.6 Å². The Morgan fingerprint density at radius 1 is 1.08 bits per heavy atom. The maximum absolute atomic E-state index is 4.83. The average Bonchev–Trinajstić information content (AvgIpc) is 2.62. The van der Waals surface area contributed by atoms with Crippen LogP contribution in [0.2, 0.25) is 0 Å². The third-order valence-corrected chi connectivity index (χ3v) is 1.97. The molecule has 4 nitrogen and oxygen atoms in total. The number of likely N-dealkylation sites (N-methyl/N-ethyl adjacent to an activating group) is 1. The van der Waals surface area contributed by atoms with E-state index < -0.39 is 0 Å². The Morgan fingerprint density at radius 3 is 2.08 bits per heavy atom. The summed E-state index contributed by atoms with van der Waals surface area (Å²) in [6.45, 7) is 7.41. The second-order valence-corrected chi connectivity index (χ2v) is 3.11. The molecule has 0 radical (unpaired) electrons. The largest absolute Gasteiger partial charge is 0.365 e. The first-order valence-electron chi connectivity index (χ1n) is 4.57. The van der Waals surface area contributed by atoms with Crippen LogP contribution in [-0.4, -0.2) is 58.0 Å². The number of nitrogens with one attached hydrogen (secondary N) is 2. The summed E-state index contributed by atoms with van der Waals surface area (Å²) >= 11 is 0. The molecule has 72 valence electrons. The summed E-state index contributed by atoms with van der Waals surface area (Å²) < 4.78 is 4.83. The van der Waals surface area contributed by atoms with Crippen LogP contribution in [0.25, 0.3) is 0 Å². The number of nitrogens with zero attached hydrogens (tertiary/aromatic N) is 1. The zero-order valence-electron chi connectivity index (χ0n) is 7.81. The molecule has 0 aromatic heterocycles. The van der Waals surface area contributed by atoms with Crippen LogP contribution in [0, 0.1) is 0 Å². The quantitative estimate of drug-likeness (QED) is 0.497. The molecule has 2 saturated heterocycles. The van der Waals surface area contributed by atoms with Crippen molar-refractivity contribution in [3.8, 4) is 0 Å². The fourth-order valence-electron chi connectivity index (χ4n) is 1.14. The highest BCUT2D eigenvalue weighted by molar-refractivity contribution is 4.62. The molecule has 2 N–H and O–H groups in total. The summed E-state index contributed by atoms with van der Waals surface area (Å²) in [7, 11) is 2.15. The first kappa shape index (κ1) is 9.92. The van der Waals surface area contributed by atoms with Crippen molar-refractivity contribution in [1.82, 2.24) is 15.5 Å². The molecule has 0 amide bonds. The van der Waals surface area contributed by atoms with Gasteiger partial charge in [-0.1, -0.05) is 0 Å². The van der Waals surface area contributed by atoms with Gasteiger partial charge in [0, 0.05) is 32.7 Å². The fourth-order valence-corrected chi connectivity index (χ4v) is 1.14. The molecule has 0 spiro atoms. The summed E-state index contributed by atoms with van der Waals surface area (Å²) in [5.41, 5.74) is 0. The number of ether oxygens (including phenoxy) is 1. The molecule has 2 heterocycles. The third-order valence-electron chi connectivity index (χ3n) is 1.97. The number of rotatable bonds is 0. The van der Waals surface area contributed by atoms with Gasteiger partial charge in [0.05, 0.1) is 13.3 Å². The highest BCUT2D eigenvalue weighted by Crippen LogP contribution is 1.83. The second kappa shape index (κ2) is 6.37. The van der Waals surface area contributed by atoms with Gasteiger partial charge in [0.2, 0.25) is 0 Å². The van der Waals surface area contributed by atoms with Gasteiger partial charge < -0.3 is 15.0 Å². The van der Waals surface area contributed by atoms with Gasteiger partial charge in [-0.2, -0.15) is 0 Å². The Hall–Kier alpha value is -0.160. The van der Waals surface area contributed by atoms with Crippen molar-refractivity contribution >= 4 is 0 Å². The van der Waals surface area contributed by atoms with Crippen LogP contribution in [0.5, 0.6) is 0 Å². The number of hydrogen-bond donors (Lipinski definition) is 2. The second-order valence-electron chi connectivity index (χ2n) is 3.11. The Bertz CT molecular complexity index is 92.9. The molecule has 0 bridgehead atoms. The van der Waals surface area contributed by atoms with E-state index in [-0.39, 0.29) is 0 Å². The summed E-state index contributed by atoms with van der Waals surface area (Å²) in [6, 6.07) is 0. The summed E-state index contributed by atoms with van der Waals surface area (Å²) in [4.78, 5) is 2.33. The molecular weight excluding hydrogens is 154 g/mol. The van der Waals surface area contributed by atoms with E-state index in [4.69, 9.17) is 4.74 Å². The lowest BCUT2D eigenvalue weighted by molar-refractivity contribution is 0.194. The average molecular weight is 173 g/mol. The molecule has 4 heteroatoms. The van der Waals surface area contributed by atoms with E-state index in [1.165, 1.54) is 13.1 Å². The van der Waals surface area contributed by atoms with Crippen LogP contribution in [0.3, 0.4) is 0 Å². The van der Waals surface area contributed by atoms with Gasteiger partial charge in [0.25, 0.3) is 0 Å². The van der Waals surface area contributed by atoms with Crippen molar-refractivity contribution in [3.63, 3.8) is 0 Å². The first-order valence-corrected chi connectivity index (χ1v) is 4.57. The highest BCUT2D eigenvalue weighted by Gasteiger charge is 2.01. The van der Waals surface area contributed by atoms with Crippen LogP contribution in [0.15, 0.2) is 0 Å². The fraction of sp³-hybridized carbons (Fsp3) is 1.00. The van der Waals surface area contributed by atoms with Gasteiger partial charge in [0.1, 0.15) is 0 Å². The monoisotopic (exact) mass is 173 g/mol. The van der Waals surface area contributed by atoms with Crippen molar-refractivity contribution in [2.24, 2.45) is 0 Å². The predicted octanol–water partition coefficient (Wildman–Crippen LogP) is -0.915. The molecule has 12 heavy (non-hydrogen) atoms. The van der Waals surface area contributed by atoms with Crippen molar-refractivity contribution in [1.29, 1.82) is 0 Å². The lowest BCUT2D eigenvalue weighted by Crippen LogP contribution is -2.40. The molecule has 0 saturated carbocycles. The minimum absolute atomic E-state index is 0.750. The van der Waals surface area contributed by atoms with Crippen molar-refractivity contribution in [2.45, 2.75) is 0 Å². The minimum atomic E-state index is 0.750. The van der Waals surface area contributed by atoms with Crippen molar-refractivity contribution in [3.05, 3.63) is 0 Å². The van der Waals surface area contributed by atoms with Crippen molar-refractivity contribution in [2.75, 3.05) is 53.1 Å². The van der Waals surface area contributed by atoms with E-state index >= 15 is 0 Å². The molecule has 0 aliphatic carbocycles. The molecule has 0 unspecified atom stereocenters. The zero-order valence-corrected chi connectivity index (χ0v) is 7.81. The molecule has 0 aromatic rings.